The van der Waals surface area contributed by atoms with Crippen molar-refractivity contribution in [2.45, 2.75) is 11.8 Å². The number of nitrogens with two attached hydrogens (primary N) is 1. The molecule has 2 rings (SSSR count). The van der Waals surface area contributed by atoms with E-state index >= 15 is 0 Å². The molecule has 0 saturated carbocycles. The molecule has 0 amide bonds. The van der Waals surface area contributed by atoms with E-state index in [0.717, 1.165) is 12.1 Å². The summed E-state index contributed by atoms with van der Waals surface area (Å²) in [7, 11) is -4.47. The van der Waals surface area contributed by atoms with Crippen molar-refractivity contribution in [2.24, 2.45) is 0 Å². The maximum atomic E-state index is 13.7. The summed E-state index contributed by atoms with van der Waals surface area (Å²) in [6.07, 6.45) is 0. The minimum atomic E-state index is -4.47. The first-order valence-corrected chi connectivity index (χ1v) is 7.47. The first-order chi connectivity index (χ1) is 9.70. The standard InChI is InChI=1S/C12H10ClF2N3O2S/c1-6-10(2-3-11(13)17-6)18-21(19,20)12-8(14)4-7(16)5-9(12)15/h2-5,18H,16H2,1H3. The van der Waals surface area contributed by atoms with Crippen molar-refractivity contribution in [3.63, 3.8) is 0 Å². The molecule has 0 saturated heterocycles. The van der Waals surface area contributed by atoms with Gasteiger partial charge in [0.15, 0.2) is 4.90 Å². The van der Waals surface area contributed by atoms with Crippen LogP contribution >= 0.6 is 11.6 Å². The summed E-state index contributed by atoms with van der Waals surface area (Å²) >= 11 is 5.65. The minimum absolute atomic E-state index is 0.0648. The van der Waals surface area contributed by atoms with E-state index in [-0.39, 0.29) is 22.2 Å². The van der Waals surface area contributed by atoms with Crippen LogP contribution < -0.4 is 10.5 Å². The molecule has 9 heteroatoms. The average molecular weight is 334 g/mol. The maximum absolute atomic E-state index is 13.7. The van der Waals surface area contributed by atoms with E-state index in [9.17, 15) is 17.2 Å². The van der Waals surface area contributed by atoms with Gasteiger partial charge in [-0.25, -0.2) is 22.2 Å². The first-order valence-electron chi connectivity index (χ1n) is 5.61. The Hall–Kier alpha value is -1.93. The van der Waals surface area contributed by atoms with Crippen LogP contribution in [0.3, 0.4) is 0 Å². The van der Waals surface area contributed by atoms with Crippen LogP contribution in [0.15, 0.2) is 29.2 Å². The quantitative estimate of drug-likeness (QED) is 0.668. The van der Waals surface area contributed by atoms with Gasteiger partial charge in [0.2, 0.25) is 0 Å². The molecule has 0 aliphatic rings. The molecule has 0 aliphatic carbocycles. The lowest BCUT2D eigenvalue weighted by Crippen LogP contribution is -2.17. The Morgan fingerprint density at radius 3 is 2.33 bits per heavy atom. The van der Waals surface area contributed by atoms with Crippen molar-refractivity contribution in [3.05, 3.63) is 46.7 Å². The number of aromatic nitrogens is 1. The van der Waals surface area contributed by atoms with Crippen LogP contribution in [0.1, 0.15) is 5.69 Å². The number of hydrogen-bond acceptors (Lipinski definition) is 4. The van der Waals surface area contributed by atoms with E-state index in [1.165, 1.54) is 19.1 Å². The molecule has 3 N–H and O–H groups in total. The van der Waals surface area contributed by atoms with Gasteiger partial charge in [-0.3, -0.25) is 4.72 Å². The van der Waals surface area contributed by atoms with Crippen molar-refractivity contribution < 1.29 is 17.2 Å². The molecule has 0 radical (unpaired) electrons. The molecule has 2 aromatic rings. The highest BCUT2D eigenvalue weighted by Gasteiger charge is 2.25. The van der Waals surface area contributed by atoms with Gasteiger partial charge in [0.25, 0.3) is 10.0 Å². The second-order valence-corrected chi connectivity index (χ2v) is 6.19. The third kappa shape index (κ3) is 3.22. The second-order valence-electron chi connectivity index (χ2n) is 4.19. The van der Waals surface area contributed by atoms with Crippen molar-refractivity contribution in [1.82, 2.24) is 4.98 Å². The lowest BCUT2D eigenvalue weighted by Gasteiger charge is -2.12. The van der Waals surface area contributed by atoms with Crippen LogP contribution in [0.4, 0.5) is 20.2 Å². The van der Waals surface area contributed by atoms with Crippen LogP contribution in [0.2, 0.25) is 5.15 Å². The van der Waals surface area contributed by atoms with Gasteiger partial charge in [-0.15, -0.1) is 0 Å². The first kappa shape index (κ1) is 15.5. The molecule has 0 bridgehead atoms. The molecule has 112 valence electrons. The number of rotatable bonds is 3. The molecule has 0 aliphatic heterocycles. The SMILES string of the molecule is Cc1nc(Cl)ccc1NS(=O)(=O)c1c(F)cc(N)cc1F. The maximum Gasteiger partial charge on any atom is 0.267 e. The van der Waals surface area contributed by atoms with E-state index in [0.29, 0.717) is 0 Å². The zero-order chi connectivity index (χ0) is 15.8. The van der Waals surface area contributed by atoms with Gasteiger partial charge < -0.3 is 5.73 Å². The Bertz CT molecular complexity index is 789. The van der Waals surface area contributed by atoms with Crippen LogP contribution in [-0.2, 0) is 10.0 Å². The predicted octanol–water partition coefficient (Wildman–Crippen LogP) is 2.70. The molecule has 21 heavy (non-hydrogen) atoms. The second kappa shape index (κ2) is 5.45. The van der Waals surface area contributed by atoms with Gasteiger partial charge in [0.1, 0.15) is 16.8 Å². The number of halogens is 3. The number of nitrogen functional groups attached to an aromatic ring is 1. The lowest BCUT2D eigenvalue weighted by molar-refractivity contribution is 0.522. The third-order valence-corrected chi connectivity index (χ3v) is 4.21. The number of nitrogens with zero attached hydrogens (tertiary/aromatic N) is 1. The fourth-order valence-corrected chi connectivity index (χ4v) is 3.10. The highest BCUT2D eigenvalue weighted by atomic mass is 35.5. The van der Waals surface area contributed by atoms with E-state index in [2.05, 4.69) is 9.71 Å². The summed E-state index contributed by atoms with van der Waals surface area (Å²) in [5.74, 6) is -2.56. The number of sulfonamides is 1. The van der Waals surface area contributed by atoms with E-state index in [4.69, 9.17) is 17.3 Å². The fraction of sp³-hybridized carbons (Fsp3) is 0.0833. The monoisotopic (exact) mass is 333 g/mol. The van der Waals surface area contributed by atoms with Crippen LogP contribution in [0, 0.1) is 18.6 Å². The highest BCUT2D eigenvalue weighted by Crippen LogP contribution is 2.25. The van der Waals surface area contributed by atoms with Gasteiger partial charge in [0.05, 0.1) is 11.4 Å². The molecule has 1 heterocycles. The van der Waals surface area contributed by atoms with E-state index in [1.54, 1.807) is 0 Å². The zero-order valence-corrected chi connectivity index (χ0v) is 12.3. The van der Waals surface area contributed by atoms with Gasteiger partial charge in [-0.05, 0) is 31.2 Å². The highest BCUT2D eigenvalue weighted by molar-refractivity contribution is 7.92. The number of anilines is 2. The van der Waals surface area contributed by atoms with E-state index in [1.807, 2.05) is 0 Å². The predicted molar refractivity (Wildman–Crippen MR) is 75.6 cm³/mol. The van der Waals surface area contributed by atoms with Gasteiger partial charge in [0, 0.05) is 5.69 Å². The Kier molecular flexibility index (Phi) is 4.02. The molecular weight excluding hydrogens is 324 g/mol. The van der Waals surface area contributed by atoms with Crippen LogP contribution in [0.25, 0.3) is 0 Å². The molecule has 5 nitrogen and oxygen atoms in total. The molecule has 0 unspecified atom stereocenters. The van der Waals surface area contributed by atoms with Gasteiger partial charge >= 0.3 is 0 Å². The van der Waals surface area contributed by atoms with E-state index < -0.39 is 26.6 Å². The average Bonchev–Trinajstić information content (AvgIpc) is 2.30. The summed E-state index contributed by atoms with van der Waals surface area (Å²) in [6, 6.07) is 4.15. The van der Waals surface area contributed by atoms with Crippen molar-refractivity contribution in [1.29, 1.82) is 0 Å². The smallest absolute Gasteiger partial charge is 0.267 e. The minimum Gasteiger partial charge on any atom is -0.399 e. The topological polar surface area (TPSA) is 85.1 Å². The fourth-order valence-electron chi connectivity index (χ4n) is 1.67. The molecule has 1 aromatic carbocycles. The summed E-state index contributed by atoms with van der Waals surface area (Å²) in [5.41, 5.74) is 5.36. The summed E-state index contributed by atoms with van der Waals surface area (Å²) < 4.78 is 53.7. The van der Waals surface area contributed by atoms with Crippen LogP contribution in [0.5, 0.6) is 0 Å². The van der Waals surface area contributed by atoms with Gasteiger partial charge in [-0.2, -0.15) is 0 Å². The van der Waals surface area contributed by atoms with Crippen molar-refractivity contribution >= 4 is 33.0 Å². The molecule has 0 spiro atoms. The number of nitrogens with one attached hydrogen (secondary N) is 1. The number of benzene rings is 1. The third-order valence-electron chi connectivity index (χ3n) is 2.59. The normalized spacial score (nSPS) is 11.4. The lowest BCUT2D eigenvalue weighted by atomic mass is 10.3. The van der Waals surface area contributed by atoms with Crippen molar-refractivity contribution in [3.8, 4) is 0 Å². The Labute approximate surface area is 124 Å². The summed E-state index contributed by atoms with van der Waals surface area (Å²) in [5, 5.41) is 0.167. The Balaban J connectivity index is 2.48. The summed E-state index contributed by atoms with van der Waals surface area (Å²) in [6.45, 7) is 1.50. The zero-order valence-electron chi connectivity index (χ0n) is 10.7. The summed E-state index contributed by atoms with van der Waals surface area (Å²) in [4.78, 5) is 2.74. The van der Waals surface area contributed by atoms with Crippen LogP contribution in [-0.4, -0.2) is 13.4 Å². The van der Waals surface area contributed by atoms with Gasteiger partial charge in [-0.1, -0.05) is 11.6 Å². The number of pyridine rings is 1. The molecule has 1 aromatic heterocycles. The molecule has 0 fully saturated rings. The Morgan fingerprint density at radius 1 is 1.24 bits per heavy atom. The molecule has 0 atom stereocenters. The Morgan fingerprint density at radius 2 is 1.81 bits per heavy atom. The van der Waals surface area contributed by atoms with Crippen molar-refractivity contribution in [2.75, 3.05) is 10.5 Å². The molecular formula is C12H10ClF2N3O2S. The number of hydrogen-bond donors (Lipinski definition) is 2. The number of aryl methyl sites for hydroxylation is 1. The largest absolute Gasteiger partial charge is 0.399 e.